The van der Waals surface area contributed by atoms with Crippen LogP contribution < -0.4 is 11.1 Å². The SMILES string of the molecule is CCOC(C)(C)CNc1ccc(C(N)=S)c2ccccc12. The number of rotatable bonds is 6. The van der Waals surface area contributed by atoms with Crippen LogP contribution in [-0.4, -0.2) is 23.7 Å². The van der Waals surface area contributed by atoms with Gasteiger partial charge in [-0.25, -0.2) is 0 Å². The average Bonchev–Trinajstić information content (AvgIpc) is 2.44. The number of ether oxygens (including phenoxy) is 1. The Balaban J connectivity index is 2.34. The molecule has 0 radical (unpaired) electrons. The van der Waals surface area contributed by atoms with Crippen LogP contribution >= 0.6 is 12.2 Å². The molecule has 0 aliphatic carbocycles. The molecule has 3 N–H and O–H groups in total. The minimum Gasteiger partial charge on any atom is -0.389 e. The lowest BCUT2D eigenvalue weighted by Crippen LogP contribution is -2.33. The number of anilines is 1. The fourth-order valence-corrected chi connectivity index (χ4v) is 2.60. The Bertz CT molecular complexity index is 652. The van der Waals surface area contributed by atoms with E-state index < -0.39 is 0 Å². The van der Waals surface area contributed by atoms with Crippen molar-refractivity contribution in [3.63, 3.8) is 0 Å². The first-order valence-electron chi connectivity index (χ1n) is 7.14. The Hall–Kier alpha value is -1.65. The van der Waals surface area contributed by atoms with Gasteiger partial charge in [-0.15, -0.1) is 0 Å². The molecule has 0 atom stereocenters. The standard InChI is InChI=1S/C17H22N2OS/c1-4-20-17(2,3)11-19-15-10-9-14(16(18)21)12-7-5-6-8-13(12)15/h5-10,19H,4,11H2,1-3H3,(H2,18,21). The van der Waals surface area contributed by atoms with Gasteiger partial charge in [-0.3, -0.25) is 0 Å². The molecule has 0 heterocycles. The molecule has 0 amide bonds. The maximum atomic E-state index is 5.80. The van der Waals surface area contributed by atoms with Gasteiger partial charge in [0.05, 0.1) is 5.60 Å². The van der Waals surface area contributed by atoms with E-state index in [0.29, 0.717) is 11.6 Å². The predicted molar refractivity (Wildman–Crippen MR) is 94.0 cm³/mol. The maximum absolute atomic E-state index is 5.80. The summed E-state index contributed by atoms with van der Waals surface area (Å²) in [5.41, 5.74) is 7.57. The molecule has 0 bridgehead atoms. The third-order valence-corrected chi connectivity index (χ3v) is 3.65. The van der Waals surface area contributed by atoms with Gasteiger partial charge in [0, 0.05) is 29.8 Å². The smallest absolute Gasteiger partial charge is 0.104 e. The van der Waals surface area contributed by atoms with Crippen molar-refractivity contribution in [3.8, 4) is 0 Å². The summed E-state index contributed by atoms with van der Waals surface area (Å²) >= 11 is 5.13. The van der Waals surface area contributed by atoms with E-state index >= 15 is 0 Å². The minimum absolute atomic E-state index is 0.211. The first kappa shape index (κ1) is 15.7. The molecule has 0 saturated heterocycles. The molecule has 2 aromatic rings. The third-order valence-electron chi connectivity index (χ3n) is 3.43. The highest BCUT2D eigenvalue weighted by molar-refractivity contribution is 7.80. The molecule has 0 aromatic heterocycles. The maximum Gasteiger partial charge on any atom is 0.104 e. The van der Waals surface area contributed by atoms with Gasteiger partial charge in [-0.05, 0) is 38.3 Å². The molecule has 2 aromatic carbocycles. The number of nitrogens with one attached hydrogen (secondary N) is 1. The topological polar surface area (TPSA) is 47.3 Å². The molecule has 21 heavy (non-hydrogen) atoms. The quantitative estimate of drug-likeness (QED) is 0.799. The van der Waals surface area contributed by atoms with Gasteiger partial charge < -0.3 is 15.8 Å². The predicted octanol–water partition coefficient (Wildman–Crippen LogP) is 3.70. The second-order valence-corrected chi connectivity index (χ2v) is 6.06. The van der Waals surface area contributed by atoms with Gasteiger partial charge in [-0.1, -0.05) is 36.5 Å². The van der Waals surface area contributed by atoms with Crippen LogP contribution in [0.15, 0.2) is 36.4 Å². The molecule has 0 saturated carbocycles. The number of nitrogens with two attached hydrogens (primary N) is 1. The Labute approximate surface area is 131 Å². The zero-order valence-corrected chi connectivity index (χ0v) is 13.6. The van der Waals surface area contributed by atoms with Crippen LogP contribution in [0, 0.1) is 0 Å². The van der Waals surface area contributed by atoms with Crippen LogP contribution in [0.1, 0.15) is 26.3 Å². The zero-order valence-electron chi connectivity index (χ0n) is 12.8. The summed E-state index contributed by atoms with van der Waals surface area (Å²) < 4.78 is 5.72. The van der Waals surface area contributed by atoms with Gasteiger partial charge in [0.25, 0.3) is 0 Å². The second-order valence-electron chi connectivity index (χ2n) is 5.62. The van der Waals surface area contributed by atoms with Gasteiger partial charge in [0.1, 0.15) is 4.99 Å². The fourth-order valence-electron chi connectivity index (χ4n) is 2.42. The Morgan fingerprint density at radius 3 is 2.48 bits per heavy atom. The molecule has 4 heteroatoms. The van der Waals surface area contributed by atoms with Gasteiger partial charge in [0.15, 0.2) is 0 Å². The average molecular weight is 302 g/mol. The van der Waals surface area contributed by atoms with E-state index in [4.69, 9.17) is 22.7 Å². The normalized spacial score (nSPS) is 11.6. The Morgan fingerprint density at radius 1 is 1.19 bits per heavy atom. The number of hydrogen-bond acceptors (Lipinski definition) is 3. The van der Waals surface area contributed by atoms with Crippen LogP contribution in [0.5, 0.6) is 0 Å². The van der Waals surface area contributed by atoms with Crippen LogP contribution in [0.3, 0.4) is 0 Å². The Morgan fingerprint density at radius 2 is 1.86 bits per heavy atom. The van der Waals surface area contributed by atoms with Gasteiger partial charge in [0.2, 0.25) is 0 Å². The fraction of sp³-hybridized carbons (Fsp3) is 0.353. The van der Waals surface area contributed by atoms with Crippen LogP contribution in [0.25, 0.3) is 10.8 Å². The zero-order chi connectivity index (χ0) is 15.5. The van der Waals surface area contributed by atoms with Crippen molar-refractivity contribution in [2.75, 3.05) is 18.5 Å². The highest BCUT2D eigenvalue weighted by Crippen LogP contribution is 2.27. The molecule has 0 spiro atoms. The number of fused-ring (bicyclic) bond motifs is 1. The molecule has 112 valence electrons. The lowest BCUT2D eigenvalue weighted by molar-refractivity contribution is 0.000718. The van der Waals surface area contributed by atoms with E-state index in [0.717, 1.165) is 28.6 Å². The third kappa shape index (κ3) is 3.71. The lowest BCUT2D eigenvalue weighted by atomic mass is 10.0. The van der Waals surface area contributed by atoms with Crippen molar-refractivity contribution in [1.29, 1.82) is 0 Å². The van der Waals surface area contributed by atoms with Gasteiger partial charge >= 0.3 is 0 Å². The molecule has 0 aliphatic rings. The minimum atomic E-state index is -0.211. The van der Waals surface area contributed by atoms with Crippen LogP contribution in [0.2, 0.25) is 0 Å². The van der Waals surface area contributed by atoms with Crippen molar-refractivity contribution < 1.29 is 4.74 Å². The lowest BCUT2D eigenvalue weighted by Gasteiger charge is -2.26. The summed E-state index contributed by atoms with van der Waals surface area (Å²) in [5, 5.41) is 5.66. The van der Waals surface area contributed by atoms with Crippen molar-refractivity contribution in [3.05, 3.63) is 42.0 Å². The summed E-state index contributed by atoms with van der Waals surface area (Å²) in [6, 6.07) is 12.1. The van der Waals surface area contributed by atoms with Gasteiger partial charge in [-0.2, -0.15) is 0 Å². The first-order valence-corrected chi connectivity index (χ1v) is 7.55. The second kappa shape index (κ2) is 6.41. The van der Waals surface area contributed by atoms with Crippen LogP contribution in [-0.2, 0) is 4.74 Å². The molecule has 0 aliphatic heterocycles. The molecule has 3 nitrogen and oxygen atoms in total. The highest BCUT2D eigenvalue weighted by Gasteiger charge is 2.17. The van der Waals surface area contributed by atoms with E-state index in [9.17, 15) is 0 Å². The summed E-state index contributed by atoms with van der Waals surface area (Å²) in [5.74, 6) is 0. The van der Waals surface area contributed by atoms with E-state index in [1.54, 1.807) is 0 Å². The number of benzene rings is 2. The summed E-state index contributed by atoms with van der Waals surface area (Å²) in [6.45, 7) is 7.60. The van der Waals surface area contributed by atoms with Crippen molar-refractivity contribution >= 4 is 33.7 Å². The summed E-state index contributed by atoms with van der Waals surface area (Å²) in [4.78, 5) is 0.424. The first-order chi connectivity index (χ1) is 9.94. The van der Waals surface area contributed by atoms with E-state index in [1.165, 1.54) is 0 Å². The van der Waals surface area contributed by atoms with E-state index in [1.807, 2.05) is 37.3 Å². The van der Waals surface area contributed by atoms with E-state index in [-0.39, 0.29) is 5.60 Å². The monoisotopic (exact) mass is 302 g/mol. The number of hydrogen-bond donors (Lipinski definition) is 2. The largest absolute Gasteiger partial charge is 0.389 e. The molecule has 2 rings (SSSR count). The molecular formula is C17H22N2OS. The van der Waals surface area contributed by atoms with Crippen molar-refractivity contribution in [2.45, 2.75) is 26.4 Å². The number of thiocarbonyl (C=S) groups is 1. The van der Waals surface area contributed by atoms with Crippen molar-refractivity contribution in [1.82, 2.24) is 0 Å². The molecular weight excluding hydrogens is 280 g/mol. The Kier molecular flexibility index (Phi) is 4.80. The highest BCUT2D eigenvalue weighted by atomic mass is 32.1. The molecule has 0 unspecified atom stereocenters. The van der Waals surface area contributed by atoms with E-state index in [2.05, 4.69) is 25.2 Å². The van der Waals surface area contributed by atoms with Crippen molar-refractivity contribution in [2.24, 2.45) is 5.73 Å². The van der Waals surface area contributed by atoms with Crippen LogP contribution in [0.4, 0.5) is 5.69 Å². The summed E-state index contributed by atoms with van der Waals surface area (Å²) in [6.07, 6.45) is 0. The summed E-state index contributed by atoms with van der Waals surface area (Å²) in [7, 11) is 0. The molecule has 0 fully saturated rings.